The molecule has 0 saturated carbocycles. The molecule has 0 heterocycles. The first-order chi connectivity index (χ1) is 10.8. The Hall–Kier alpha value is -1.56. The van der Waals surface area contributed by atoms with Gasteiger partial charge in [-0.15, -0.1) is 0 Å². The first-order valence-corrected chi connectivity index (χ1v) is 7.80. The minimum Gasteiger partial charge on any atom is -0.469 e. The molecule has 0 amide bonds. The van der Waals surface area contributed by atoms with E-state index in [1.54, 1.807) is 0 Å². The van der Waals surface area contributed by atoms with Crippen molar-refractivity contribution in [1.82, 2.24) is 0 Å². The summed E-state index contributed by atoms with van der Waals surface area (Å²) in [5.74, 6) is -0.220. The lowest BCUT2D eigenvalue weighted by molar-refractivity contribution is -0.140. The summed E-state index contributed by atoms with van der Waals surface area (Å²) in [6.45, 7) is 0. The molecule has 1 unspecified atom stereocenters. The van der Waals surface area contributed by atoms with Crippen molar-refractivity contribution < 1.29 is 22.7 Å². The van der Waals surface area contributed by atoms with Crippen LogP contribution in [-0.2, 0) is 16.0 Å². The molecule has 2 N–H and O–H groups in total. The van der Waals surface area contributed by atoms with E-state index in [2.05, 4.69) is 4.74 Å². The van der Waals surface area contributed by atoms with Crippen molar-refractivity contribution in [1.29, 1.82) is 0 Å². The van der Waals surface area contributed by atoms with Crippen LogP contribution in [0.2, 0.25) is 0 Å². The maximum absolute atomic E-state index is 12.1. The molecule has 0 fully saturated rings. The minimum atomic E-state index is -4.09. The Kier molecular flexibility index (Phi) is 8.09. The van der Waals surface area contributed by atoms with E-state index in [1.807, 2.05) is 24.3 Å². The van der Waals surface area contributed by atoms with Crippen LogP contribution in [0.4, 0.5) is 13.2 Å². The van der Waals surface area contributed by atoms with Crippen LogP contribution in [0.5, 0.6) is 0 Å². The van der Waals surface area contributed by atoms with Gasteiger partial charge in [-0.3, -0.25) is 4.79 Å². The minimum absolute atomic E-state index is 0.114. The van der Waals surface area contributed by atoms with Gasteiger partial charge in [0.15, 0.2) is 0 Å². The lowest BCUT2D eigenvalue weighted by Gasteiger charge is -2.13. The molecule has 1 rings (SSSR count). The van der Waals surface area contributed by atoms with Crippen LogP contribution in [0, 0.1) is 0 Å². The fraction of sp³-hybridized carbons (Fsp3) is 0.588. The number of halogens is 3. The number of nitrogens with two attached hydrogens (primary N) is 1. The van der Waals surface area contributed by atoms with Crippen LogP contribution in [0.1, 0.15) is 55.7 Å². The Morgan fingerprint density at radius 1 is 1.17 bits per heavy atom. The van der Waals surface area contributed by atoms with E-state index >= 15 is 0 Å². The van der Waals surface area contributed by atoms with E-state index in [-0.39, 0.29) is 18.4 Å². The average Bonchev–Trinajstić information content (AvgIpc) is 2.51. The van der Waals surface area contributed by atoms with Crippen LogP contribution >= 0.6 is 0 Å². The number of aryl methyl sites for hydroxylation is 1. The van der Waals surface area contributed by atoms with E-state index < -0.39 is 12.6 Å². The molecular weight excluding hydrogens is 307 g/mol. The topological polar surface area (TPSA) is 52.3 Å². The van der Waals surface area contributed by atoms with Gasteiger partial charge in [-0.25, -0.2) is 0 Å². The van der Waals surface area contributed by atoms with E-state index in [4.69, 9.17) is 5.73 Å². The summed E-state index contributed by atoms with van der Waals surface area (Å²) in [7, 11) is 1.37. The maximum atomic E-state index is 12.1. The number of hydrogen-bond acceptors (Lipinski definition) is 3. The highest BCUT2D eigenvalue weighted by atomic mass is 19.4. The fourth-order valence-corrected chi connectivity index (χ4v) is 2.33. The van der Waals surface area contributed by atoms with Gasteiger partial charge < -0.3 is 10.5 Å². The summed E-state index contributed by atoms with van der Waals surface area (Å²) in [4.78, 5) is 11.0. The highest BCUT2D eigenvalue weighted by Crippen LogP contribution is 2.24. The van der Waals surface area contributed by atoms with Crippen molar-refractivity contribution >= 4 is 5.97 Å². The van der Waals surface area contributed by atoms with Crippen molar-refractivity contribution in [3.63, 3.8) is 0 Å². The number of ether oxygens (including phenoxy) is 1. The third-order valence-corrected chi connectivity index (χ3v) is 3.71. The van der Waals surface area contributed by atoms with Gasteiger partial charge in [0.25, 0.3) is 0 Å². The van der Waals surface area contributed by atoms with Gasteiger partial charge in [0.05, 0.1) is 7.11 Å². The summed E-state index contributed by atoms with van der Waals surface area (Å²) in [6, 6.07) is 7.46. The third-order valence-electron chi connectivity index (χ3n) is 3.71. The first-order valence-electron chi connectivity index (χ1n) is 7.80. The smallest absolute Gasteiger partial charge is 0.389 e. The molecule has 23 heavy (non-hydrogen) atoms. The van der Waals surface area contributed by atoms with Crippen molar-refractivity contribution in [2.45, 2.75) is 57.2 Å². The number of carbonyl (C=O) groups excluding carboxylic acids is 1. The summed E-state index contributed by atoms with van der Waals surface area (Å²) in [5, 5.41) is 0. The predicted molar refractivity (Wildman–Crippen MR) is 82.8 cm³/mol. The summed E-state index contributed by atoms with van der Waals surface area (Å²) in [6.07, 6.45) is -1.85. The predicted octanol–water partition coefficient (Wildman–Crippen LogP) is 4.30. The first kappa shape index (κ1) is 19.5. The lowest BCUT2D eigenvalue weighted by atomic mass is 9.98. The van der Waals surface area contributed by atoms with Crippen molar-refractivity contribution in [3.05, 3.63) is 35.4 Å². The van der Waals surface area contributed by atoms with Crippen LogP contribution < -0.4 is 5.73 Å². The van der Waals surface area contributed by atoms with Crippen molar-refractivity contribution in [2.75, 3.05) is 7.11 Å². The van der Waals surface area contributed by atoms with E-state index in [0.717, 1.165) is 24.0 Å². The van der Waals surface area contributed by atoms with Gasteiger partial charge in [-0.1, -0.05) is 30.7 Å². The molecule has 130 valence electrons. The summed E-state index contributed by atoms with van der Waals surface area (Å²) >= 11 is 0. The van der Waals surface area contributed by atoms with Crippen LogP contribution in [0.3, 0.4) is 0 Å². The zero-order chi connectivity index (χ0) is 17.3. The van der Waals surface area contributed by atoms with Crippen LogP contribution in [0.25, 0.3) is 0 Å². The van der Waals surface area contributed by atoms with Crippen LogP contribution in [-0.4, -0.2) is 19.3 Å². The number of hydrogen-bond donors (Lipinski definition) is 1. The molecule has 0 bridgehead atoms. The van der Waals surface area contributed by atoms with Gasteiger partial charge >= 0.3 is 12.1 Å². The number of rotatable bonds is 9. The molecule has 0 radical (unpaired) electrons. The molecule has 1 aromatic carbocycles. The Balaban J connectivity index is 2.33. The number of benzene rings is 1. The molecule has 0 aromatic heterocycles. The summed E-state index contributed by atoms with van der Waals surface area (Å²) < 4.78 is 40.8. The van der Waals surface area contributed by atoms with Crippen LogP contribution in [0.15, 0.2) is 24.3 Å². The Labute approximate surface area is 135 Å². The second-order valence-electron chi connectivity index (χ2n) is 5.64. The number of esters is 1. The highest BCUT2D eigenvalue weighted by Gasteiger charge is 2.25. The Morgan fingerprint density at radius 2 is 1.83 bits per heavy atom. The second-order valence-corrected chi connectivity index (χ2v) is 5.64. The zero-order valence-electron chi connectivity index (χ0n) is 13.4. The number of unbranched alkanes of at least 4 members (excludes halogenated alkanes) is 1. The largest absolute Gasteiger partial charge is 0.469 e. The third kappa shape index (κ3) is 8.59. The number of alkyl halides is 3. The highest BCUT2D eigenvalue weighted by molar-refractivity contribution is 5.69. The Morgan fingerprint density at radius 3 is 2.39 bits per heavy atom. The quantitative estimate of drug-likeness (QED) is 0.542. The zero-order valence-corrected chi connectivity index (χ0v) is 13.4. The molecule has 0 aliphatic heterocycles. The SMILES string of the molecule is COC(=O)CCCc1ccc(C(N)CCCCC(F)(F)F)cc1. The molecule has 0 aliphatic carbocycles. The normalized spacial score (nSPS) is 12.9. The molecular formula is C17H24F3NO2. The molecule has 0 saturated heterocycles. The average molecular weight is 331 g/mol. The van der Waals surface area contributed by atoms with Gasteiger partial charge in [-0.2, -0.15) is 13.2 Å². The standard InChI is InChI=1S/C17H24F3NO2/c1-23-16(22)7-4-5-13-8-10-14(11-9-13)15(21)6-2-3-12-17(18,19)20/h8-11,15H,2-7,12,21H2,1H3. The second kappa shape index (κ2) is 9.55. The van der Waals surface area contributed by atoms with Crippen molar-refractivity contribution in [3.8, 4) is 0 Å². The van der Waals surface area contributed by atoms with Gasteiger partial charge in [0.2, 0.25) is 0 Å². The van der Waals surface area contributed by atoms with Gasteiger partial charge in [-0.05, 0) is 36.8 Å². The van der Waals surface area contributed by atoms with E-state index in [0.29, 0.717) is 19.3 Å². The van der Waals surface area contributed by atoms with E-state index in [9.17, 15) is 18.0 Å². The maximum Gasteiger partial charge on any atom is 0.389 e. The van der Waals surface area contributed by atoms with Gasteiger partial charge in [0.1, 0.15) is 0 Å². The molecule has 0 aliphatic rings. The molecule has 1 aromatic rings. The summed E-state index contributed by atoms with van der Waals surface area (Å²) in [5.41, 5.74) is 8.03. The van der Waals surface area contributed by atoms with Crippen molar-refractivity contribution in [2.24, 2.45) is 5.73 Å². The fourth-order valence-electron chi connectivity index (χ4n) is 2.33. The number of methoxy groups -OCH3 is 1. The molecule has 3 nitrogen and oxygen atoms in total. The number of carbonyl (C=O) groups is 1. The monoisotopic (exact) mass is 331 g/mol. The van der Waals surface area contributed by atoms with Gasteiger partial charge in [0, 0.05) is 18.9 Å². The van der Waals surface area contributed by atoms with E-state index in [1.165, 1.54) is 7.11 Å². The molecule has 1 atom stereocenters. The Bertz CT molecular complexity index is 472. The molecule has 6 heteroatoms. The lowest BCUT2D eigenvalue weighted by Crippen LogP contribution is -2.11. The molecule has 0 spiro atoms.